The predicted octanol–water partition coefficient (Wildman–Crippen LogP) is 2.96. The van der Waals surface area contributed by atoms with E-state index < -0.39 is 0 Å². The zero-order valence-corrected chi connectivity index (χ0v) is 6.95. The van der Waals surface area contributed by atoms with E-state index in [0.29, 0.717) is 0 Å². The molecule has 1 rings (SSSR count). The molecule has 0 heterocycles. The Kier molecular flexibility index (Phi) is 2.36. The summed E-state index contributed by atoms with van der Waals surface area (Å²) >= 11 is 3.65. The molecule has 0 bridgehead atoms. The fourth-order valence-electron chi connectivity index (χ4n) is 1.27. The van der Waals surface area contributed by atoms with Crippen LogP contribution in [-0.4, -0.2) is 4.83 Å². The maximum atomic E-state index is 3.65. The van der Waals surface area contributed by atoms with E-state index >= 15 is 0 Å². The molecule has 0 radical (unpaired) electrons. The molecule has 2 unspecified atom stereocenters. The third kappa shape index (κ3) is 1.48. The molecule has 1 aliphatic carbocycles. The van der Waals surface area contributed by atoms with Gasteiger partial charge in [-0.1, -0.05) is 35.7 Å². The van der Waals surface area contributed by atoms with Gasteiger partial charge < -0.3 is 0 Å². The van der Waals surface area contributed by atoms with Gasteiger partial charge >= 0.3 is 0 Å². The highest BCUT2D eigenvalue weighted by Gasteiger charge is 2.17. The Labute approximate surface area is 59.8 Å². The molecule has 2 atom stereocenters. The minimum Gasteiger partial charge on any atom is -0.0888 e. The van der Waals surface area contributed by atoms with E-state index in [4.69, 9.17) is 0 Å². The van der Waals surface area contributed by atoms with Gasteiger partial charge in [-0.15, -0.1) is 0 Å². The van der Waals surface area contributed by atoms with Crippen LogP contribution in [0, 0.1) is 5.92 Å². The third-order valence-electron chi connectivity index (χ3n) is 2.01. The van der Waals surface area contributed by atoms with Gasteiger partial charge in [0.05, 0.1) is 0 Å². The Morgan fingerprint density at radius 3 is 2.25 bits per heavy atom. The molecular weight excluding hydrogens is 164 g/mol. The summed E-state index contributed by atoms with van der Waals surface area (Å²) in [6.45, 7) is 2.33. The van der Waals surface area contributed by atoms with Crippen molar-refractivity contribution in [3.05, 3.63) is 0 Å². The van der Waals surface area contributed by atoms with Gasteiger partial charge in [-0.3, -0.25) is 0 Å². The van der Waals surface area contributed by atoms with Crippen molar-refractivity contribution in [1.29, 1.82) is 0 Å². The Balaban J connectivity index is 2.28. The molecule has 1 fully saturated rings. The Morgan fingerprint density at radius 1 is 1.25 bits per heavy atom. The summed E-state index contributed by atoms with van der Waals surface area (Å²) < 4.78 is 0. The van der Waals surface area contributed by atoms with Crippen molar-refractivity contribution in [3.63, 3.8) is 0 Å². The molecular formula is C7H13Br. The van der Waals surface area contributed by atoms with Crippen LogP contribution in [0.4, 0.5) is 0 Å². The van der Waals surface area contributed by atoms with E-state index in [1.165, 1.54) is 25.7 Å². The smallest absolute Gasteiger partial charge is 0.0171 e. The molecule has 1 heteroatoms. The maximum Gasteiger partial charge on any atom is 0.0171 e. The number of alkyl halides is 1. The minimum atomic E-state index is 0.816. The molecule has 0 aromatic heterocycles. The molecule has 0 spiro atoms. The van der Waals surface area contributed by atoms with Gasteiger partial charge in [0.2, 0.25) is 0 Å². The van der Waals surface area contributed by atoms with Crippen LogP contribution in [0.25, 0.3) is 0 Å². The second-order valence-corrected chi connectivity index (χ2v) is 3.95. The number of hydrogen-bond acceptors (Lipinski definition) is 0. The van der Waals surface area contributed by atoms with Crippen LogP contribution in [0.1, 0.15) is 32.6 Å². The SMILES string of the molecule is CC1CCCCC1Br. The highest BCUT2D eigenvalue weighted by Crippen LogP contribution is 2.28. The van der Waals surface area contributed by atoms with Crippen molar-refractivity contribution < 1.29 is 0 Å². The van der Waals surface area contributed by atoms with Crippen molar-refractivity contribution >= 4 is 15.9 Å². The van der Waals surface area contributed by atoms with Crippen molar-refractivity contribution in [2.45, 2.75) is 37.4 Å². The lowest BCUT2D eigenvalue weighted by molar-refractivity contribution is 0.403. The molecule has 0 nitrogen and oxygen atoms in total. The molecule has 48 valence electrons. The first-order chi connectivity index (χ1) is 3.80. The summed E-state index contributed by atoms with van der Waals surface area (Å²) in [6, 6.07) is 0. The zero-order valence-electron chi connectivity index (χ0n) is 5.36. The fraction of sp³-hybridized carbons (Fsp3) is 1.00. The van der Waals surface area contributed by atoms with Crippen LogP contribution in [0.15, 0.2) is 0 Å². The second kappa shape index (κ2) is 2.86. The monoisotopic (exact) mass is 176 g/mol. The molecule has 8 heavy (non-hydrogen) atoms. The van der Waals surface area contributed by atoms with E-state index in [-0.39, 0.29) is 0 Å². The van der Waals surface area contributed by atoms with Crippen molar-refractivity contribution in [3.8, 4) is 0 Å². The van der Waals surface area contributed by atoms with Crippen LogP contribution in [0.2, 0.25) is 0 Å². The molecule has 0 aliphatic heterocycles. The van der Waals surface area contributed by atoms with E-state index in [0.717, 1.165) is 10.7 Å². The highest BCUT2D eigenvalue weighted by molar-refractivity contribution is 9.09. The Morgan fingerprint density at radius 2 is 1.88 bits per heavy atom. The fourth-order valence-corrected chi connectivity index (χ4v) is 1.86. The lowest BCUT2D eigenvalue weighted by Crippen LogP contribution is -2.15. The van der Waals surface area contributed by atoms with Gasteiger partial charge in [0, 0.05) is 4.83 Å². The molecule has 1 saturated carbocycles. The summed E-state index contributed by atoms with van der Waals surface area (Å²) in [5, 5.41) is 0. The largest absolute Gasteiger partial charge is 0.0888 e. The van der Waals surface area contributed by atoms with Gasteiger partial charge in [-0.05, 0) is 18.8 Å². The first-order valence-electron chi connectivity index (χ1n) is 3.45. The van der Waals surface area contributed by atoms with Crippen LogP contribution >= 0.6 is 15.9 Å². The maximum absolute atomic E-state index is 3.65. The Hall–Kier alpha value is 0.480. The molecule has 0 amide bonds. The number of halogens is 1. The van der Waals surface area contributed by atoms with Crippen molar-refractivity contribution in [2.24, 2.45) is 5.92 Å². The highest BCUT2D eigenvalue weighted by atomic mass is 79.9. The lowest BCUT2D eigenvalue weighted by atomic mass is 9.91. The topological polar surface area (TPSA) is 0 Å². The van der Waals surface area contributed by atoms with E-state index in [9.17, 15) is 0 Å². The van der Waals surface area contributed by atoms with E-state index in [1.54, 1.807) is 0 Å². The normalized spacial score (nSPS) is 39.8. The average Bonchev–Trinajstić information content (AvgIpc) is 1.77. The van der Waals surface area contributed by atoms with E-state index in [1.807, 2.05) is 0 Å². The zero-order chi connectivity index (χ0) is 5.98. The molecule has 0 N–H and O–H groups in total. The summed E-state index contributed by atoms with van der Waals surface area (Å²) in [4.78, 5) is 0.816. The molecule has 0 aromatic rings. The molecule has 0 saturated heterocycles. The second-order valence-electron chi connectivity index (χ2n) is 2.78. The van der Waals surface area contributed by atoms with Crippen molar-refractivity contribution in [2.75, 3.05) is 0 Å². The quantitative estimate of drug-likeness (QED) is 0.499. The van der Waals surface area contributed by atoms with Crippen LogP contribution in [0.3, 0.4) is 0 Å². The molecule has 1 aliphatic rings. The minimum absolute atomic E-state index is 0.816. The standard InChI is InChI=1S/C7H13Br/c1-6-4-2-3-5-7(6)8/h6-7H,2-5H2,1H3. The molecule has 0 aromatic carbocycles. The van der Waals surface area contributed by atoms with Gasteiger partial charge in [-0.25, -0.2) is 0 Å². The van der Waals surface area contributed by atoms with Gasteiger partial charge in [0.15, 0.2) is 0 Å². The number of rotatable bonds is 0. The predicted molar refractivity (Wildman–Crippen MR) is 40.3 cm³/mol. The summed E-state index contributed by atoms with van der Waals surface area (Å²) in [7, 11) is 0. The van der Waals surface area contributed by atoms with Gasteiger partial charge in [-0.2, -0.15) is 0 Å². The van der Waals surface area contributed by atoms with Gasteiger partial charge in [0.1, 0.15) is 0 Å². The van der Waals surface area contributed by atoms with E-state index in [2.05, 4.69) is 22.9 Å². The first-order valence-corrected chi connectivity index (χ1v) is 4.36. The van der Waals surface area contributed by atoms with Crippen molar-refractivity contribution in [1.82, 2.24) is 0 Å². The van der Waals surface area contributed by atoms with Crippen LogP contribution in [0.5, 0.6) is 0 Å². The summed E-state index contributed by atoms with van der Waals surface area (Å²) in [5.41, 5.74) is 0. The van der Waals surface area contributed by atoms with Crippen LogP contribution < -0.4 is 0 Å². The first kappa shape index (κ1) is 6.60. The average molecular weight is 177 g/mol. The Bertz CT molecular complexity index is 60.8. The van der Waals surface area contributed by atoms with Gasteiger partial charge in [0.25, 0.3) is 0 Å². The number of hydrogen-bond donors (Lipinski definition) is 0. The summed E-state index contributed by atoms with van der Waals surface area (Å²) in [6.07, 6.45) is 5.70. The van der Waals surface area contributed by atoms with Crippen LogP contribution in [-0.2, 0) is 0 Å². The lowest BCUT2D eigenvalue weighted by Gasteiger charge is -2.22. The summed E-state index contributed by atoms with van der Waals surface area (Å²) in [5.74, 6) is 0.920. The third-order valence-corrected chi connectivity index (χ3v) is 3.37.